The quantitative estimate of drug-likeness (QED) is 0.809. The molecule has 0 fully saturated rings. The first-order valence-electron chi connectivity index (χ1n) is 3.30. The maximum absolute atomic E-state index is 13.0. The lowest BCUT2D eigenvalue weighted by Crippen LogP contribution is -2.06. The van der Waals surface area contributed by atoms with Gasteiger partial charge in [-0.25, -0.2) is 4.39 Å². The van der Waals surface area contributed by atoms with E-state index in [4.69, 9.17) is 5.73 Å². The molecule has 1 aromatic rings. The molecule has 0 amide bonds. The Hall–Kier alpha value is -0.160. The summed E-state index contributed by atoms with van der Waals surface area (Å²) in [5, 5.41) is 0. The Morgan fingerprint density at radius 2 is 2.36 bits per heavy atom. The van der Waals surface area contributed by atoms with Crippen LogP contribution in [0.1, 0.15) is 5.56 Å². The van der Waals surface area contributed by atoms with Crippen molar-refractivity contribution in [2.75, 3.05) is 6.54 Å². The van der Waals surface area contributed by atoms with Crippen molar-refractivity contribution >= 4 is 22.6 Å². The van der Waals surface area contributed by atoms with Gasteiger partial charge in [0.1, 0.15) is 5.82 Å². The van der Waals surface area contributed by atoms with Crippen molar-refractivity contribution in [1.29, 1.82) is 0 Å². The molecule has 2 N–H and O–H groups in total. The lowest BCUT2D eigenvalue weighted by Gasteiger charge is -2.02. The average molecular weight is 264 g/mol. The molecular weight excluding hydrogens is 256 g/mol. The first-order chi connectivity index (χ1) is 5.25. The summed E-state index contributed by atoms with van der Waals surface area (Å²) >= 11 is 2.06. The van der Waals surface area contributed by atoms with Crippen LogP contribution in [-0.2, 0) is 6.42 Å². The molecule has 1 rings (SSSR count). The van der Waals surface area contributed by atoms with E-state index >= 15 is 0 Å². The van der Waals surface area contributed by atoms with Crippen LogP contribution in [-0.4, -0.2) is 6.54 Å². The third kappa shape index (κ3) is 2.13. The summed E-state index contributed by atoms with van der Waals surface area (Å²) in [5.74, 6) is -0.182. The van der Waals surface area contributed by atoms with E-state index in [1.165, 1.54) is 6.07 Å². The van der Waals surface area contributed by atoms with Crippen molar-refractivity contribution in [2.45, 2.75) is 6.42 Å². The van der Waals surface area contributed by atoms with Crippen LogP contribution in [0, 0.1) is 15.5 Å². The van der Waals surface area contributed by atoms with Crippen LogP contribution in [0.5, 0.6) is 0 Å². The summed E-state index contributed by atoms with van der Waals surface area (Å²) in [6.45, 7) is 0.477. The highest BCUT2D eigenvalue weighted by atomic mass is 127. The lowest BCUT2D eigenvalue weighted by molar-refractivity contribution is 0.607. The van der Waals surface area contributed by atoms with Gasteiger partial charge in [-0.1, -0.05) is 6.07 Å². The number of hydrogen-bond acceptors (Lipinski definition) is 1. The van der Waals surface area contributed by atoms with E-state index in [2.05, 4.69) is 28.7 Å². The highest BCUT2D eigenvalue weighted by Gasteiger charge is 2.03. The molecule has 0 unspecified atom stereocenters. The highest BCUT2D eigenvalue weighted by Crippen LogP contribution is 2.14. The fourth-order valence-corrected chi connectivity index (χ4v) is 1.56. The van der Waals surface area contributed by atoms with Crippen molar-refractivity contribution in [3.63, 3.8) is 0 Å². The molecule has 0 heterocycles. The van der Waals surface area contributed by atoms with Crippen LogP contribution in [0.4, 0.5) is 4.39 Å². The Morgan fingerprint density at radius 1 is 1.64 bits per heavy atom. The second-order valence-electron chi connectivity index (χ2n) is 2.16. The van der Waals surface area contributed by atoms with E-state index < -0.39 is 0 Å². The molecule has 1 aromatic carbocycles. The summed E-state index contributed by atoms with van der Waals surface area (Å²) in [5.41, 5.74) is 5.99. The van der Waals surface area contributed by atoms with Gasteiger partial charge in [0.2, 0.25) is 0 Å². The summed E-state index contributed by atoms with van der Waals surface area (Å²) in [4.78, 5) is 0. The molecule has 0 aliphatic carbocycles. The number of hydrogen-bond donors (Lipinski definition) is 1. The molecule has 1 radical (unpaired) electrons. The number of rotatable bonds is 2. The van der Waals surface area contributed by atoms with Crippen LogP contribution >= 0.6 is 22.6 Å². The first-order valence-corrected chi connectivity index (χ1v) is 4.38. The second kappa shape index (κ2) is 4.01. The molecule has 0 saturated carbocycles. The lowest BCUT2D eigenvalue weighted by atomic mass is 10.1. The second-order valence-corrected chi connectivity index (χ2v) is 3.24. The van der Waals surface area contributed by atoms with Gasteiger partial charge in [-0.3, -0.25) is 0 Å². The Balaban J connectivity index is 3.00. The topological polar surface area (TPSA) is 26.0 Å². The smallest absolute Gasteiger partial charge is 0.127 e. The van der Waals surface area contributed by atoms with Gasteiger partial charge in [0.15, 0.2) is 0 Å². The van der Waals surface area contributed by atoms with Gasteiger partial charge < -0.3 is 5.73 Å². The summed E-state index contributed by atoms with van der Waals surface area (Å²) < 4.78 is 13.8. The molecule has 0 spiro atoms. The fourth-order valence-electron chi connectivity index (χ4n) is 0.854. The highest BCUT2D eigenvalue weighted by molar-refractivity contribution is 14.1. The summed E-state index contributed by atoms with van der Waals surface area (Å²) in [7, 11) is 0. The van der Waals surface area contributed by atoms with Gasteiger partial charge >= 0.3 is 0 Å². The minimum Gasteiger partial charge on any atom is -0.330 e. The first kappa shape index (κ1) is 8.93. The van der Waals surface area contributed by atoms with Gasteiger partial charge in [0, 0.05) is 9.13 Å². The van der Waals surface area contributed by atoms with E-state index in [0.29, 0.717) is 18.5 Å². The van der Waals surface area contributed by atoms with Crippen LogP contribution in [0.2, 0.25) is 0 Å². The van der Waals surface area contributed by atoms with Crippen LogP contribution in [0.25, 0.3) is 0 Å². The number of benzene rings is 1. The van der Waals surface area contributed by atoms with E-state index in [9.17, 15) is 4.39 Å². The van der Waals surface area contributed by atoms with E-state index in [-0.39, 0.29) is 5.82 Å². The Kier molecular flexibility index (Phi) is 3.26. The maximum Gasteiger partial charge on any atom is 0.127 e. The fraction of sp³-hybridized carbons (Fsp3) is 0.250. The van der Waals surface area contributed by atoms with Crippen molar-refractivity contribution in [2.24, 2.45) is 5.73 Å². The van der Waals surface area contributed by atoms with Gasteiger partial charge in [0.25, 0.3) is 0 Å². The monoisotopic (exact) mass is 264 g/mol. The summed E-state index contributed by atoms with van der Waals surface area (Å²) in [6, 6.07) is 5.91. The predicted molar refractivity (Wildman–Crippen MR) is 50.7 cm³/mol. The van der Waals surface area contributed by atoms with E-state index in [1.54, 1.807) is 6.07 Å². The van der Waals surface area contributed by atoms with Crippen molar-refractivity contribution in [3.8, 4) is 0 Å². The Labute approximate surface area is 78.9 Å². The number of halogens is 2. The minimum atomic E-state index is -0.182. The van der Waals surface area contributed by atoms with Gasteiger partial charge in [-0.05, 0) is 47.7 Å². The van der Waals surface area contributed by atoms with Gasteiger partial charge in [-0.2, -0.15) is 0 Å². The molecule has 0 aliphatic rings. The molecule has 1 nitrogen and oxygen atoms in total. The van der Waals surface area contributed by atoms with E-state index in [0.717, 1.165) is 3.57 Å². The third-order valence-electron chi connectivity index (χ3n) is 1.39. The number of nitrogens with two attached hydrogens (primary N) is 1. The largest absolute Gasteiger partial charge is 0.330 e. The zero-order valence-corrected chi connectivity index (χ0v) is 8.06. The Bertz CT molecular complexity index is 230. The van der Waals surface area contributed by atoms with E-state index in [1.807, 2.05) is 0 Å². The molecule has 59 valence electrons. The standard InChI is InChI=1S/C8H8FIN/c9-7-2-1-3-8(10)6(7)4-5-11/h1-2H,4-5,11H2. The van der Waals surface area contributed by atoms with Crippen molar-refractivity contribution in [1.82, 2.24) is 0 Å². The molecule has 0 aliphatic heterocycles. The molecule has 0 aromatic heterocycles. The molecular formula is C8H8FIN. The van der Waals surface area contributed by atoms with Crippen molar-refractivity contribution < 1.29 is 4.39 Å². The molecule has 0 bridgehead atoms. The van der Waals surface area contributed by atoms with Crippen LogP contribution in [0.15, 0.2) is 12.1 Å². The molecule has 3 heteroatoms. The third-order valence-corrected chi connectivity index (χ3v) is 2.35. The Morgan fingerprint density at radius 3 is 2.91 bits per heavy atom. The maximum atomic E-state index is 13.0. The van der Waals surface area contributed by atoms with Crippen molar-refractivity contribution in [3.05, 3.63) is 33.1 Å². The average Bonchev–Trinajstić information content (AvgIpc) is 1.97. The zero-order chi connectivity index (χ0) is 8.27. The molecule has 0 saturated heterocycles. The van der Waals surface area contributed by atoms with Gasteiger partial charge in [-0.15, -0.1) is 0 Å². The zero-order valence-electron chi connectivity index (χ0n) is 5.90. The summed E-state index contributed by atoms with van der Waals surface area (Å²) in [6.07, 6.45) is 0.585. The predicted octanol–water partition coefficient (Wildman–Crippen LogP) is 1.73. The SMILES string of the molecule is NCCc1c(I)[c]ccc1F. The van der Waals surface area contributed by atoms with Crippen LogP contribution < -0.4 is 5.73 Å². The molecule has 11 heavy (non-hydrogen) atoms. The minimum absolute atomic E-state index is 0.182. The van der Waals surface area contributed by atoms with Crippen LogP contribution in [0.3, 0.4) is 0 Å². The van der Waals surface area contributed by atoms with Gasteiger partial charge in [0.05, 0.1) is 0 Å². The normalized spacial score (nSPS) is 10.1. The molecule has 0 atom stereocenters.